The van der Waals surface area contributed by atoms with Crippen LogP contribution in [0.1, 0.15) is 105 Å². The van der Waals surface area contributed by atoms with Crippen molar-refractivity contribution in [3.63, 3.8) is 0 Å². The second-order valence-electron chi connectivity index (χ2n) is 20.5. The lowest BCUT2D eigenvalue weighted by atomic mass is 9.82. The first-order valence-electron chi connectivity index (χ1n) is 26.4. The molecule has 2 fully saturated rings. The fourth-order valence-corrected chi connectivity index (χ4v) is 9.62. The average Bonchev–Trinajstić information content (AvgIpc) is 3.33. The summed E-state index contributed by atoms with van der Waals surface area (Å²) in [5.74, 6) is -9.32. The highest BCUT2D eigenvalue weighted by molar-refractivity contribution is 5.72. The summed E-state index contributed by atoms with van der Waals surface area (Å²) in [4.78, 5) is 49.8. The predicted octanol–water partition coefficient (Wildman–Crippen LogP) is 1.78. The molecule has 0 unspecified atom stereocenters. The number of esters is 1. The molecule has 0 radical (unpaired) electrons. The van der Waals surface area contributed by atoms with Crippen LogP contribution in [0.2, 0.25) is 0 Å². The minimum atomic E-state index is -2.41. The van der Waals surface area contributed by atoms with Crippen LogP contribution in [-0.4, -0.2) is 206 Å². The maximum Gasteiger partial charge on any atom is 0.311 e. The zero-order valence-corrected chi connectivity index (χ0v) is 44.4. The lowest BCUT2D eigenvalue weighted by Crippen LogP contribution is -2.64. The molecule has 3 aliphatic rings. The molecule has 0 saturated carbocycles. The van der Waals surface area contributed by atoms with Gasteiger partial charge in [0.1, 0.15) is 18.1 Å². The lowest BCUT2D eigenvalue weighted by molar-refractivity contribution is -0.312. The molecule has 436 valence electrons. The van der Waals surface area contributed by atoms with E-state index in [-0.39, 0.29) is 64.0 Å². The number of fused-ring (bicyclic) bond motifs is 2. The van der Waals surface area contributed by atoms with E-state index < -0.39 is 165 Å². The molecule has 3 heterocycles. The van der Waals surface area contributed by atoms with Crippen molar-refractivity contribution in [3.8, 4) is 0 Å². The number of hydrogen-bond donors (Lipinski definition) is 13. The minimum absolute atomic E-state index is 0.0416. The third kappa shape index (κ3) is 23.8. The normalized spacial score (nSPS) is 40.2. The summed E-state index contributed by atoms with van der Waals surface area (Å²) in [7, 11) is 0. The number of carboxylic acids is 3. The number of aliphatic carboxylic acids is 3. The van der Waals surface area contributed by atoms with Crippen LogP contribution < -0.4 is 0 Å². The van der Waals surface area contributed by atoms with E-state index in [0.717, 1.165) is 0 Å². The molecule has 22 heteroatoms. The van der Waals surface area contributed by atoms with Crippen molar-refractivity contribution in [1.29, 1.82) is 0 Å². The molecule has 0 amide bonds. The van der Waals surface area contributed by atoms with Crippen LogP contribution in [0.4, 0.5) is 0 Å². The zero-order valence-electron chi connectivity index (χ0n) is 44.4. The second-order valence-corrected chi connectivity index (χ2v) is 20.5. The van der Waals surface area contributed by atoms with E-state index in [0.29, 0.717) is 0 Å². The van der Waals surface area contributed by atoms with Gasteiger partial charge in [-0.2, -0.15) is 0 Å². The Hall–Kier alpha value is -4.50. The molecule has 0 aliphatic carbocycles. The van der Waals surface area contributed by atoms with Crippen LogP contribution >= 0.6 is 0 Å². The summed E-state index contributed by atoms with van der Waals surface area (Å²) in [6.45, 7) is 6.76. The molecule has 0 aromatic rings. The topological polar surface area (TPSA) is 371 Å². The zero-order chi connectivity index (χ0) is 57.4. The maximum absolute atomic E-state index is 12.7. The van der Waals surface area contributed by atoms with Gasteiger partial charge in [-0.3, -0.25) is 24.1 Å². The van der Waals surface area contributed by atoms with E-state index in [2.05, 4.69) is 0 Å². The fourth-order valence-electron chi connectivity index (χ4n) is 9.62. The summed E-state index contributed by atoms with van der Waals surface area (Å²) >= 11 is 0. The van der Waals surface area contributed by atoms with Gasteiger partial charge in [0.15, 0.2) is 12.1 Å². The van der Waals surface area contributed by atoms with E-state index in [1.807, 2.05) is 6.92 Å². The van der Waals surface area contributed by atoms with E-state index in [4.69, 9.17) is 18.9 Å². The number of carboxylic acid groups (broad SMARTS) is 3. The van der Waals surface area contributed by atoms with Crippen molar-refractivity contribution in [2.75, 3.05) is 13.1 Å². The number of carbonyl (C=O) groups excluding carboxylic acids is 1. The van der Waals surface area contributed by atoms with Gasteiger partial charge in [0.2, 0.25) is 0 Å². The fraction of sp³-hybridized carbons (Fsp3) is 0.673. The summed E-state index contributed by atoms with van der Waals surface area (Å²) in [6.07, 6.45) is 1.06. The molecule has 2 saturated heterocycles. The Morgan fingerprint density at radius 3 is 1.71 bits per heavy atom. The van der Waals surface area contributed by atoms with Crippen LogP contribution in [0.5, 0.6) is 0 Å². The molecule has 0 aromatic heterocycles. The number of hydrogen-bond acceptors (Lipinski definition) is 19. The maximum atomic E-state index is 12.7. The van der Waals surface area contributed by atoms with Crippen molar-refractivity contribution in [2.24, 2.45) is 17.8 Å². The molecule has 19 atom stereocenters. The lowest BCUT2D eigenvalue weighted by Gasteiger charge is -2.47. The van der Waals surface area contributed by atoms with E-state index in [1.54, 1.807) is 91.7 Å². The van der Waals surface area contributed by atoms with Gasteiger partial charge in [-0.05, 0) is 59.0 Å². The van der Waals surface area contributed by atoms with Crippen LogP contribution in [-0.2, 0) is 38.1 Å². The van der Waals surface area contributed by atoms with Gasteiger partial charge in [0, 0.05) is 50.4 Å². The Kier molecular flexibility index (Phi) is 29.3. The third-order valence-electron chi connectivity index (χ3n) is 14.0. The van der Waals surface area contributed by atoms with Gasteiger partial charge < -0.3 is 85.3 Å². The monoisotopic (exact) mass is 1100 g/mol. The van der Waals surface area contributed by atoms with Crippen LogP contribution in [0, 0.1) is 17.8 Å². The number of cyclic esters (lactones) is 1. The van der Waals surface area contributed by atoms with Crippen molar-refractivity contribution in [1.82, 2.24) is 4.90 Å². The van der Waals surface area contributed by atoms with E-state index >= 15 is 0 Å². The molecule has 0 spiro atoms. The molecule has 13 N–H and O–H groups in total. The Labute approximate surface area is 450 Å². The van der Waals surface area contributed by atoms with Crippen molar-refractivity contribution in [2.45, 2.75) is 202 Å². The molecular formula is C55H85NO21. The third-order valence-corrected chi connectivity index (χ3v) is 14.0. The summed E-state index contributed by atoms with van der Waals surface area (Å²) in [5.41, 5.74) is 0. The van der Waals surface area contributed by atoms with Crippen LogP contribution in [0.15, 0.2) is 85.1 Å². The predicted molar refractivity (Wildman–Crippen MR) is 278 cm³/mol. The highest BCUT2D eigenvalue weighted by atomic mass is 16.7. The molecule has 2 bridgehead atoms. The molecule has 77 heavy (non-hydrogen) atoms. The first kappa shape index (κ1) is 66.8. The molecule has 3 aliphatic heterocycles. The summed E-state index contributed by atoms with van der Waals surface area (Å²) in [5, 5.41) is 140. The highest BCUT2D eigenvalue weighted by Gasteiger charge is 2.51. The summed E-state index contributed by atoms with van der Waals surface area (Å²) in [6, 6.07) is -1.16. The standard InChI is InChI=1S/C55H85NO21/c1-33-19-15-13-11-9-7-5-6-8-10-12-14-16-20-40(76-54-52(70)49(51(69)36(4)75-54)56(25-17-21-45(63)64)26-18-22-46(65)66)30-44-48(53(71)72)43(62)32-55(73,77-44)31-39(59)28-42(61)41(60)24-23-37(57)27-38(58)29-47(67)74-35(3)34(2)50(33)68/h5-16,19-20,33-44,48-52,54,57-62,68-70,73H,17-18,21-32H2,1-4H3,(H,63,64)(H,65,66)(H,71,72)/b6-5+,9-7+,10-8+,13-11+,14-12+,19-15+,20-16+/t33-,34-,35-,36+,37+,38+,39-,40-,41+,42+,43-,44-,48+,49-,50+,51+,52-,54-,55+/m0/s1. The van der Waals surface area contributed by atoms with Gasteiger partial charge in [-0.15, -0.1) is 0 Å². The number of nitrogens with zero attached hydrogens (tertiary/aromatic N) is 1. The first-order valence-corrected chi connectivity index (χ1v) is 26.4. The number of carbonyl (C=O) groups is 4. The van der Waals surface area contributed by atoms with Crippen LogP contribution in [0.3, 0.4) is 0 Å². The Morgan fingerprint density at radius 2 is 1.17 bits per heavy atom. The van der Waals surface area contributed by atoms with Crippen molar-refractivity contribution < 1.29 is 105 Å². The van der Waals surface area contributed by atoms with Gasteiger partial charge >= 0.3 is 23.9 Å². The quantitative estimate of drug-likeness (QED) is 0.124. The Balaban J connectivity index is 1.97. The smallest absolute Gasteiger partial charge is 0.311 e. The number of aliphatic hydroxyl groups is 10. The largest absolute Gasteiger partial charge is 0.481 e. The molecule has 22 nitrogen and oxygen atoms in total. The van der Waals surface area contributed by atoms with Crippen molar-refractivity contribution >= 4 is 23.9 Å². The SMILES string of the molecule is C[C@@H]1[C@H](O)[C@@H](C)/C=C/C=C/C=C/C=C/C=C/C=C/C=C/[C@H](O[C@@H]2O[C@H](C)[C@@H](O)[C@H](N(CCCC(=O)O)CCCC(=O)O)[C@@H]2O)C[C@@H]2O[C@](O)(C[C@@H](O)C[C@@H](O)[C@H](O)CC[C@@H](O)C[C@@H](O)CC(=O)O[C@H]1C)C[C@H](O)[C@H]2C(=O)O. The first-order chi connectivity index (χ1) is 36.3. The van der Waals surface area contributed by atoms with Gasteiger partial charge in [-0.1, -0.05) is 98.9 Å². The number of ether oxygens (including phenoxy) is 4. The van der Waals surface area contributed by atoms with E-state index in [9.17, 15) is 85.6 Å². The van der Waals surface area contributed by atoms with Gasteiger partial charge in [0.05, 0.1) is 79.6 Å². The minimum Gasteiger partial charge on any atom is -0.481 e. The average molecular weight is 1100 g/mol. The number of rotatable bonds is 12. The van der Waals surface area contributed by atoms with Crippen LogP contribution in [0.25, 0.3) is 0 Å². The molecule has 3 rings (SSSR count). The second kappa shape index (κ2) is 33.8. The van der Waals surface area contributed by atoms with E-state index in [1.165, 1.54) is 19.1 Å². The van der Waals surface area contributed by atoms with Crippen molar-refractivity contribution in [3.05, 3.63) is 85.1 Å². The molecular weight excluding hydrogens is 1010 g/mol. The number of aliphatic hydroxyl groups excluding tert-OH is 9. The molecule has 0 aromatic carbocycles. The Bertz CT molecular complexity index is 2000. The Morgan fingerprint density at radius 1 is 0.623 bits per heavy atom. The summed E-state index contributed by atoms with van der Waals surface area (Å²) < 4.78 is 23.8. The van der Waals surface area contributed by atoms with Gasteiger partial charge in [0.25, 0.3) is 0 Å². The van der Waals surface area contributed by atoms with Gasteiger partial charge in [-0.25, -0.2) is 0 Å². The highest BCUT2D eigenvalue weighted by Crippen LogP contribution is 2.38. The number of allylic oxidation sites excluding steroid dienone is 12.